The highest BCUT2D eigenvalue weighted by molar-refractivity contribution is 14.1. The highest BCUT2D eigenvalue weighted by Crippen LogP contribution is 2.23. The Hall–Kier alpha value is -0.690. The summed E-state index contributed by atoms with van der Waals surface area (Å²) in [5.41, 5.74) is 1.88. The van der Waals surface area contributed by atoms with E-state index in [1.54, 1.807) is 6.20 Å². The summed E-state index contributed by atoms with van der Waals surface area (Å²) in [6.45, 7) is 4.93. The van der Waals surface area contributed by atoms with E-state index in [4.69, 9.17) is 11.6 Å². The molecule has 0 aliphatic rings. The van der Waals surface area contributed by atoms with E-state index in [1.807, 2.05) is 17.8 Å². The van der Waals surface area contributed by atoms with Crippen molar-refractivity contribution in [3.8, 4) is 11.4 Å². The third-order valence-corrected chi connectivity index (χ3v) is 4.16. The lowest BCUT2D eigenvalue weighted by atomic mass is 10.3. The van der Waals surface area contributed by atoms with Crippen molar-refractivity contribution in [1.82, 2.24) is 19.7 Å². The van der Waals surface area contributed by atoms with Crippen LogP contribution >= 0.6 is 34.2 Å². The van der Waals surface area contributed by atoms with E-state index >= 15 is 0 Å². The van der Waals surface area contributed by atoms with Crippen molar-refractivity contribution in [2.24, 2.45) is 0 Å². The van der Waals surface area contributed by atoms with Gasteiger partial charge < -0.3 is 0 Å². The van der Waals surface area contributed by atoms with E-state index in [0.29, 0.717) is 11.0 Å². The maximum atomic E-state index is 6.10. The van der Waals surface area contributed by atoms with Gasteiger partial charge in [0.25, 0.3) is 0 Å². The molecule has 0 spiro atoms. The zero-order chi connectivity index (χ0) is 12.4. The SMILES string of the molecule is CCc1nc(-c2cnn(CC)c2)nc(Cl)c1I. The highest BCUT2D eigenvalue weighted by atomic mass is 127. The quantitative estimate of drug-likeness (QED) is 0.622. The van der Waals surface area contributed by atoms with E-state index in [1.165, 1.54) is 0 Å². The van der Waals surface area contributed by atoms with Gasteiger partial charge in [0.15, 0.2) is 5.82 Å². The molecule has 17 heavy (non-hydrogen) atoms. The molecule has 6 heteroatoms. The fourth-order valence-electron chi connectivity index (χ4n) is 1.48. The second-order valence-corrected chi connectivity index (χ2v) is 4.97. The summed E-state index contributed by atoms with van der Waals surface area (Å²) in [5.74, 6) is 0.645. The number of hydrogen-bond acceptors (Lipinski definition) is 3. The fraction of sp³-hybridized carbons (Fsp3) is 0.364. The Labute approximate surface area is 119 Å². The van der Waals surface area contributed by atoms with Crippen LogP contribution in [0, 0.1) is 3.57 Å². The lowest BCUT2D eigenvalue weighted by molar-refractivity contribution is 0.660. The lowest BCUT2D eigenvalue weighted by Gasteiger charge is -2.04. The molecule has 0 atom stereocenters. The van der Waals surface area contributed by atoms with Gasteiger partial charge in [-0.3, -0.25) is 4.68 Å². The van der Waals surface area contributed by atoms with Crippen molar-refractivity contribution in [3.05, 3.63) is 26.8 Å². The predicted molar refractivity (Wildman–Crippen MR) is 76.0 cm³/mol. The van der Waals surface area contributed by atoms with E-state index < -0.39 is 0 Å². The van der Waals surface area contributed by atoms with Gasteiger partial charge in [0.05, 0.1) is 21.0 Å². The second-order valence-electron chi connectivity index (χ2n) is 3.54. The Morgan fingerprint density at radius 3 is 2.71 bits per heavy atom. The number of nitrogens with zero attached hydrogens (tertiary/aromatic N) is 4. The number of rotatable bonds is 3. The van der Waals surface area contributed by atoms with Crippen LogP contribution in [-0.4, -0.2) is 19.7 Å². The number of halogens is 2. The van der Waals surface area contributed by atoms with Gasteiger partial charge >= 0.3 is 0 Å². The van der Waals surface area contributed by atoms with E-state index in [9.17, 15) is 0 Å². The summed E-state index contributed by atoms with van der Waals surface area (Å²) in [6.07, 6.45) is 4.54. The zero-order valence-corrected chi connectivity index (χ0v) is 12.5. The van der Waals surface area contributed by atoms with Gasteiger partial charge in [-0.05, 0) is 35.9 Å². The maximum absolute atomic E-state index is 6.10. The third kappa shape index (κ3) is 2.60. The minimum Gasteiger partial charge on any atom is -0.272 e. The Balaban J connectivity index is 2.48. The number of aryl methyl sites for hydroxylation is 2. The molecular formula is C11H12ClIN4. The topological polar surface area (TPSA) is 43.6 Å². The van der Waals surface area contributed by atoms with Gasteiger partial charge in [0.1, 0.15) is 5.15 Å². The summed E-state index contributed by atoms with van der Waals surface area (Å²) >= 11 is 8.28. The molecule has 0 bridgehead atoms. The second kappa shape index (κ2) is 5.30. The van der Waals surface area contributed by atoms with E-state index in [-0.39, 0.29) is 0 Å². The number of hydrogen-bond donors (Lipinski definition) is 0. The molecule has 4 nitrogen and oxygen atoms in total. The molecule has 0 fully saturated rings. The van der Waals surface area contributed by atoms with Crippen LogP contribution in [0.4, 0.5) is 0 Å². The molecule has 2 heterocycles. The zero-order valence-electron chi connectivity index (χ0n) is 9.61. The van der Waals surface area contributed by atoms with Crippen molar-refractivity contribution in [2.45, 2.75) is 26.8 Å². The van der Waals surface area contributed by atoms with Gasteiger partial charge in [-0.1, -0.05) is 18.5 Å². The monoisotopic (exact) mass is 362 g/mol. The van der Waals surface area contributed by atoms with Crippen molar-refractivity contribution < 1.29 is 0 Å². The molecule has 0 amide bonds. The van der Waals surface area contributed by atoms with Gasteiger partial charge in [-0.2, -0.15) is 5.10 Å². The normalized spacial score (nSPS) is 10.8. The summed E-state index contributed by atoms with van der Waals surface area (Å²) < 4.78 is 2.77. The molecule has 0 aliphatic heterocycles. The maximum Gasteiger partial charge on any atom is 0.164 e. The molecule has 0 N–H and O–H groups in total. The average molecular weight is 363 g/mol. The Bertz CT molecular complexity index is 538. The molecule has 2 aromatic heterocycles. The summed E-state index contributed by atoms with van der Waals surface area (Å²) in [7, 11) is 0. The lowest BCUT2D eigenvalue weighted by Crippen LogP contribution is -1.99. The van der Waals surface area contributed by atoms with Crippen molar-refractivity contribution in [3.63, 3.8) is 0 Å². The first-order valence-electron chi connectivity index (χ1n) is 5.40. The standard InChI is InChI=1S/C11H12ClIN4/c1-3-8-9(13)10(12)16-11(15-8)7-5-14-17(4-2)6-7/h5-6H,3-4H2,1-2H3. The van der Waals surface area contributed by atoms with Crippen molar-refractivity contribution in [2.75, 3.05) is 0 Å². The van der Waals surface area contributed by atoms with Crippen LogP contribution in [0.3, 0.4) is 0 Å². The molecule has 0 aromatic carbocycles. The summed E-state index contributed by atoms with van der Waals surface area (Å²) in [6, 6.07) is 0. The Morgan fingerprint density at radius 2 is 2.12 bits per heavy atom. The van der Waals surface area contributed by atoms with Gasteiger partial charge in [0, 0.05) is 12.7 Å². The van der Waals surface area contributed by atoms with E-state index in [2.05, 4.69) is 44.6 Å². The van der Waals surface area contributed by atoms with Crippen LogP contribution in [0.2, 0.25) is 5.15 Å². The first-order chi connectivity index (χ1) is 8.15. The first-order valence-corrected chi connectivity index (χ1v) is 6.86. The highest BCUT2D eigenvalue weighted by Gasteiger charge is 2.11. The molecule has 0 radical (unpaired) electrons. The largest absolute Gasteiger partial charge is 0.272 e. The van der Waals surface area contributed by atoms with Gasteiger partial charge in [-0.25, -0.2) is 9.97 Å². The smallest absolute Gasteiger partial charge is 0.164 e. The van der Waals surface area contributed by atoms with Crippen LogP contribution in [-0.2, 0) is 13.0 Å². The summed E-state index contributed by atoms with van der Waals surface area (Å²) in [5, 5.41) is 4.72. The molecule has 0 saturated heterocycles. The minimum absolute atomic E-state index is 0.511. The molecule has 0 unspecified atom stereocenters. The van der Waals surface area contributed by atoms with Gasteiger partial charge in [-0.15, -0.1) is 0 Å². The predicted octanol–water partition coefficient (Wildman–Crippen LogP) is 3.18. The molecular weight excluding hydrogens is 351 g/mol. The fourth-order valence-corrected chi connectivity index (χ4v) is 2.29. The molecule has 90 valence electrons. The van der Waals surface area contributed by atoms with Gasteiger partial charge in [0.2, 0.25) is 0 Å². The molecule has 0 saturated carbocycles. The van der Waals surface area contributed by atoms with Crippen LogP contribution in [0.15, 0.2) is 12.4 Å². The van der Waals surface area contributed by atoms with Crippen molar-refractivity contribution in [1.29, 1.82) is 0 Å². The molecule has 2 aromatic rings. The minimum atomic E-state index is 0.511. The van der Waals surface area contributed by atoms with E-state index in [0.717, 1.165) is 27.8 Å². The Morgan fingerprint density at radius 1 is 1.35 bits per heavy atom. The van der Waals surface area contributed by atoms with Crippen LogP contribution in [0.5, 0.6) is 0 Å². The molecule has 0 aliphatic carbocycles. The van der Waals surface area contributed by atoms with Crippen LogP contribution < -0.4 is 0 Å². The number of aromatic nitrogens is 4. The average Bonchev–Trinajstić information content (AvgIpc) is 2.81. The third-order valence-electron chi connectivity index (χ3n) is 2.43. The van der Waals surface area contributed by atoms with Crippen molar-refractivity contribution >= 4 is 34.2 Å². The summed E-state index contributed by atoms with van der Waals surface area (Å²) in [4.78, 5) is 8.81. The molecule has 2 rings (SSSR count). The first kappa shape index (κ1) is 12.8. The van der Waals surface area contributed by atoms with Crippen LogP contribution in [0.1, 0.15) is 19.5 Å². The Kier molecular flexibility index (Phi) is 3.98. The van der Waals surface area contributed by atoms with Crippen LogP contribution in [0.25, 0.3) is 11.4 Å².